The Morgan fingerprint density at radius 3 is 2.74 bits per heavy atom. The third-order valence-corrected chi connectivity index (χ3v) is 4.39. The van der Waals surface area contributed by atoms with Crippen molar-refractivity contribution in [3.8, 4) is 5.75 Å². The van der Waals surface area contributed by atoms with E-state index in [0.29, 0.717) is 16.5 Å². The lowest BCUT2D eigenvalue weighted by atomic mass is 9.85. The van der Waals surface area contributed by atoms with E-state index in [1.54, 1.807) is 7.11 Å². The molecule has 106 valence electrons. The Hall–Kier alpha value is -0.890. The summed E-state index contributed by atoms with van der Waals surface area (Å²) >= 11 is 6.16. The van der Waals surface area contributed by atoms with E-state index in [9.17, 15) is 0 Å². The highest BCUT2D eigenvalue weighted by molar-refractivity contribution is 6.32. The summed E-state index contributed by atoms with van der Waals surface area (Å²) in [5.74, 6) is 0.731. The molecule has 1 unspecified atom stereocenters. The molecule has 0 radical (unpaired) electrons. The molecule has 0 amide bonds. The van der Waals surface area contributed by atoms with Gasteiger partial charge in [-0.1, -0.05) is 31.9 Å². The predicted octanol–water partition coefficient (Wildman–Crippen LogP) is 5.12. The van der Waals surface area contributed by atoms with E-state index in [-0.39, 0.29) is 0 Å². The molecule has 0 aromatic heterocycles. The van der Waals surface area contributed by atoms with Gasteiger partial charge in [0.25, 0.3) is 0 Å². The fraction of sp³-hybridized carbons (Fsp3) is 0.625. The van der Waals surface area contributed by atoms with Crippen LogP contribution in [0.5, 0.6) is 5.75 Å². The maximum atomic E-state index is 6.16. The maximum absolute atomic E-state index is 6.16. The highest BCUT2D eigenvalue weighted by Gasteiger charge is 2.24. The van der Waals surface area contributed by atoms with Crippen LogP contribution >= 0.6 is 11.6 Å². The third-order valence-electron chi connectivity index (χ3n) is 4.10. The zero-order chi connectivity index (χ0) is 13.9. The molecule has 1 atom stereocenters. The first-order valence-electron chi connectivity index (χ1n) is 7.10. The Labute approximate surface area is 121 Å². The van der Waals surface area contributed by atoms with Gasteiger partial charge in [0.2, 0.25) is 0 Å². The lowest BCUT2D eigenvalue weighted by molar-refractivity contribution is 0.313. The Balaban J connectivity index is 1.99. The molecule has 1 aliphatic rings. The fourth-order valence-electron chi connectivity index (χ4n) is 2.80. The summed E-state index contributed by atoms with van der Waals surface area (Å²) in [4.78, 5) is 0. The van der Waals surface area contributed by atoms with Gasteiger partial charge in [-0.05, 0) is 49.3 Å². The zero-order valence-corrected chi connectivity index (χ0v) is 12.9. The summed E-state index contributed by atoms with van der Waals surface area (Å²) in [6.07, 6.45) is 6.39. The van der Waals surface area contributed by atoms with E-state index in [4.69, 9.17) is 16.3 Å². The molecular formula is C16H24ClNO. The minimum Gasteiger partial charge on any atom is -0.495 e. The average Bonchev–Trinajstić information content (AvgIpc) is 2.51. The molecule has 0 bridgehead atoms. The molecule has 0 saturated heterocycles. The van der Waals surface area contributed by atoms with Crippen LogP contribution in [0.3, 0.4) is 0 Å². The van der Waals surface area contributed by atoms with Crippen molar-refractivity contribution in [2.45, 2.75) is 52.0 Å². The second kappa shape index (κ2) is 6.04. The predicted molar refractivity (Wildman–Crippen MR) is 82.3 cm³/mol. The molecule has 0 aliphatic heterocycles. The molecule has 1 fully saturated rings. The number of hydrogen-bond donors (Lipinski definition) is 1. The van der Waals surface area contributed by atoms with Crippen LogP contribution in [0.15, 0.2) is 18.2 Å². The topological polar surface area (TPSA) is 21.3 Å². The summed E-state index contributed by atoms with van der Waals surface area (Å²) in [6, 6.07) is 6.48. The zero-order valence-electron chi connectivity index (χ0n) is 12.1. The molecular weight excluding hydrogens is 258 g/mol. The van der Waals surface area contributed by atoms with Crippen molar-refractivity contribution in [3.63, 3.8) is 0 Å². The van der Waals surface area contributed by atoms with Gasteiger partial charge in [-0.3, -0.25) is 0 Å². The highest BCUT2D eigenvalue weighted by Crippen LogP contribution is 2.35. The molecule has 1 aliphatic carbocycles. The Kier molecular flexibility index (Phi) is 4.62. The van der Waals surface area contributed by atoms with Crippen LogP contribution in [0.25, 0.3) is 0 Å². The lowest BCUT2D eigenvalue weighted by Crippen LogP contribution is -2.19. The lowest BCUT2D eigenvalue weighted by Gasteiger charge is -2.22. The molecule has 1 aromatic carbocycles. The molecule has 1 saturated carbocycles. The monoisotopic (exact) mass is 281 g/mol. The van der Waals surface area contributed by atoms with Gasteiger partial charge in [-0.15, -0.1) is 0 Å². The number of anilines is 1. The fourth-order valence-corrected chi connectivity index (χ4v) is 3.06. The van der Waals surface area contributed by atoms with E-state index >= 15 is 0 Å². The van der Waals surface area contributed by atoms with Gasteiger partial charge in [0.15, 0.2) is 0 Å². The van der Waals surface area contributed by atoms with Crippen molar-refractivity contribution in [2.24, 2.45) is 5.41 Å². The van der Waals surface area contributed by atoms with Crippen LogP contribution in [-0.2, 0) is 0 Å². The first kappa shape index (κ1) is 14.5. The maximum Gasteiger partial charge on any atom is 0.137 e. The van der Waals surface area contributed by atoms with Gasteiger partial charge in [0, 0.05) is 11.7 Å². The van der Waals surface area contributed by atoms with Gasteiger partial charge in [0.1, 0.15) is 5.75 Å². The normalized spacial score (nSPS) is 22.6. The Bertz CT molecular complexity index is 431. The molecule has 0 spiro atoms. The minimum absolute atomic E-state index is 0.494. The number of benzene rings is 1. The second-order valence-electron chi connectivity index (χ2n) is 6.29. The molecule has 19 heavy (non-hydrogen) atoms. The number of ether oxygens (including phenoxy) is 1. The van der Waals surface area contributed by atoms with Crippen molar-refractivity contribution in [3.05, 3.63) is 23.2 Å². The van der Waals surface area contributed by atoms with Crippen LogP contribution in [0.4, 0.5) is 5.69 Å². The van der Waals surface area contributed by atoms with Crippen molar-refractivity contribution < 1.29 is 4.74 Å². The van der Waals surface area contributed by atoms with Crippen molar-refractivity contribution in [2.75, 3.05) is 12.4 Å². The number of methoxy groups -OCH3 is 1. The summed E-state index contributed by atoms with van der Waals surface area (Å²) < 4.78 is 5.18. The van der Waals surface area contributed by atoms with Crippen molar-refractivity contribution >= 4 is 17.3 Å². The number of halogens is 1. The molecule has 2 rings (SSSR count). The Morgan fingerprint density at radius 1 is 1.26 bits per heavy atom. The molecule has 2 nitrogen and oxygen atoms in total. The number of hydrogen-bond acceptors (Lipinski definition) is 2. The SMILES string of the molecule is COc1ccc(NC2CCCC(C)(C)CC2)cc1Cl. The van der Waals surface area contributed by atoms with Crippen molar-refractivity contribution in [1.82, 2.24) is 0 Å². The summed E-state index contributed by atoms with van der Waals surface area (Å²) in [5.41, 5.74) is 1.59. The van der Waals surface area contributed by atoms with Crippen LogP contribution in [0, 0.1) is 5.41 Å². The van der Waals surface area contributed by atoms with Crippen LogP contribution in [0.1, 0.15) is 46.0 Å². The first-order chi connectivity index (χ1) is 9.00. The van der Waals surface area contributed by atoms with Crippen molar-refractivity contribution in [1.29, 1.82) is 0 Å². The molecule has 3 heteroatoms. The van der Waals surface area contributed by atoms with Gasteiger partial charge in [-0.2, -0.15) is 0 Å². The van der Waals surface area contributed by atoms with Gasteiger partial charge < -0.3 is 10.1 Å². The van der Waals surface area contributed by atoms with Gasteiger partial charge in [0.05, 0.1) is 12.1 Å². The van der Waals surface area contributed by atoms with E-state index in [2.05, 4.69) is 19.2 Å². The molecule has 0 heterocycles. The smallest absolute Gasteiger partial charge is 0.137 e. The van der Waals surface area contributed by atoms with Crippen LogP contribution in [-0.4, -0.2) is 13.2 Å². The Morgan fingerprint density at radius 2 is 2.05 bits per heavy atom. The minimum atomic E-state index is 0.494. The highest BCUT2D eigenvalue weighted by atomic mass is 35.5. The van der Waals surface area contributed by atoms with E-state index < -0.39 is 0 Å². The van der Waals surface area contributed by atoms with E-state index in [0.717, 1.165) is 11.4 Å². The second-order valence-corrected chi connectivity index (χ2v) is 6.69. The molecule has 1 aromatic rings. The van der Waals surface area contributed by atoms with E-state index in [1.807, 2.05) is 18.2 Å². The van der Waals surface area contributed by atoms with Gasteiger partial charge >= 0.3 is 0 Å². The standard InChI is InChI=1S/C16H24ClNO/c1-16(2)9-4-5-12(8-10-16)18-13-6-7-15(19-3)14(17)11-13/h6-7,11-12,18H,4-5,8-10H2,1-3H3. The third kappa shape index (κ3) is 4.04. The average molecular weight is 282 g/mol. The number of nitrogens with one attached hydrogen (secondary N) is 1. The summed E-state index contributed by atoms with van der Waals surface area (Å²) in [7, 11) is 1.64. The van der Waals surface area contributed by atoms with E-state index in [1.165, 1.54) is 32.1 Å². The quantitative estimate of drug-likeness (QED) is 0.777. The van der Waals surface area contributed by atoms with Crippen LogP contribution < -0.4 is 10.1 Å². The summed E-state index contributed by atoms with van der Waals surface area (Å²) in [5, 5.41) is 4.28. The largest absolute Gasteiger partial charge is 0.495 e. The first-order valence-corrected chi connectivity index (χ1v) is 7.48. The summed E-state index contributed by atoms with van der Waals surface area (Å²) in [6.45, 7) is 4.75. The van der Waals surface area contributed by atoms with Gasteiger partial charge in [-0.25, -0.2) is 0 Å². The number of rotatable bonds is 3. The van der Waals surface area contributed by atoms with Crippen LogP contribution in [0.2, 0.25) is 5.02 Å². The molecule has 1 N–H and O–H groups in total.